The molecule has 0 radical (unpaired) electrons. The van der Waals surface area contributed by atoms with Crippen molar-refractivity contribution >= 4 is 17.7 Å². The SMILES string of the molecule is NN[C-]=S.[O]=[Os](=[O])(=[O])=[O].[Os]. The van der Waals surface area contributed by atoms with Crippen LogP contribution in [0, 0.1) is 0 Å². The molecule has 0 aromatic heterocycles. The summed E-state index contributed by atoms with van der Waals surface area (Å²) in [5.74, 6) is 4.56. The van der Waals surface area contributed by atoms with E-state index in [1.165, 1.54) is 0 Å². The van der Waals surface area contributed by atoms with Gasteiger partial charge in [0.2, 0.25) is 0 Å². The van der Waals surface area contributed by atoms with E-state index < -0.39 is 14.8 Å². The molecule has 0 aliphatic carbocycles. The van der Waals surface area contributed by atoms with Gasteiger partial charge < -0.3 is 23.1 Å². The van der Waals surface area contributed by atoms with Crippen LogP contribution in [0.4, 0.5) is 0 Å². The molecule has 0 heterocycles. The molecule has 0 rings (SSSR count). The summed E-state index contributed by atoms with van der Waals surface area (Å²) in [6, 6.07) is 0. The first-order valence-corrected chi connectivity index (χ1v) is 5.88. The number of nitrogens with two attached hydrogens (primary N) is 1. The Hall–Kier alpha value is 0.323. The Morgan fingerprint density at radius 1 is 1.30 bits per heavy atom. The molecule has 10 heavy (non-hydrogen) atoms. The second-order valence-corrected chi connectivity index (χ2v) is 3.34. The van der Waals surface area contributed by atoms with Crippen LogP contribution in [0.5, 0.6) is 0 Å². The molecule has 0 saturated carbocycles. The molecule has 0 atom stereocenters. The standard InChI is InChI=1S/CH3N2S.4O.2Os/c2-3-1-4;;;;;;/h2H2,(H,3,4);;;;;;/q-1;;;;;;. The smallest absolute Gasteiger partial charge is 0 e. The van der Waals surface area contributed by atoms with Crippen LogP contribution in [-0.2, 0) is 48.8 Å². The van der Waals surface area contributed by atoms with Crippen molar-refractivity contribution < 1.29 is 48.8 Å². The third kappa shape index (κ3) is 255. The predicted molar refractivity (Wildman–Crippen MR) is 22.7 cm³/mol. The van der Waals surface area contributed by atoms with Gasteiger partial charge in [-0.15, -0.1) is 0 Å². The largest absolute Gasteiger partial charge is 0 e. The van der Waals surface area contributed by atoms with Crippen molar-refractivity contribution in [3.05, 3.63) is 0 Å². The third-order valence-electron chi connectivity index (χ3n) is 0.0589. The molecular formula is CH3N2O4Os2S-. The predicted octanol–water partition coefficient (Wildman–Crippen LogP) is -1.20. The molecule has 0 aromatic carbocycles. The fourth-order valence-corrected chi connectivity index (χ4v) is 0. The Morgan fingerprint density at radius 3 is 1.40 bits per heavy atom. The van der Waals surface area contributed by atoms with Crippen molar-refractivity contribution in [3.8, 4) is 0 Å². The zero-order valence-corrected chi connectivity index (χ0v) is 10.2. The maximum Gasteiger partial charge on any atom is 0 e. The topological polar surface area (TPSA) is 106 Å². The Kier molecular flexibility index (Phi) is 15.6. The molecule has 0 unspecified atom stereocenters. The number of thiocarbonyl (C=S) groups is 1. The van der Waals surface area contributed by atoms with Crippen LogP contribution in [0.1, 0.15) is 0 Å². The first-order valence-electron chi connectivity index (χ1n) is 1.32. The number of hydrazine groups is 1. The van der Waals surface area contributed by atoms with Gasteiger partial charge >= 0.3 is 29.0 Å². The summed E-state index contributed by atoms with van der Waals surface area (Å²) in [5.41, 5.74) is 4.04. The summed E-state index contributed by atoms with van der Waals surface area (Å²) in [5, 5.41) is 0. The Morgan fingerprint density at radius 2 is 1.40 bits per heavy atom. The van der Waals surface area contributed by atoms with Gasteiger partial charge in [-0.1, -0.05) is 0 Å². The summed E-state index contributed by atoms with van der Waals surface area (Å²) in [4.78, 5) is 0. The van der Waals surface area contributed by atoms with Gasteiger partial charge in [0, 0.05) is 19.8 Å². The normalized spacial score (nSPS) is 7.70. The van der Waals surface area contributed by atoms with E-state index in [4.69, 9.17) is 14.2 Å². The van der Waals surface area contributed by atoms with Crippen LogP contribution in [0.25, 0.3) is 0 Å². The fourth-order valence-electron chi connectivity index (χ4n) is 0. The molecule has 0 bridgehead atoms. The van der Waals surface area contributed by atoms with E-state index in [9.17, 15) is 0 Å². The summed E-state index contributed by atoms with van der Waals surface area (Å²) in [6.07, 6.45) is 0. The van der Waals surface area contributed by atoms with Crippen LogP contribution in [-0.4, -0.2) is 5.49 Å². The number of hydrogen-bond donors (Lipinski definition) is 2. The van der Waals surface area contributed by atoms with Gasteiger partial charge in [-0.3, -0.25) is 5.84 Å². The summed E-state index contributed by atoms with van der Waals surface area (Å²) in [7, 11) is 0. The van der Waals surface area contributed by atoms with Gasteiger partial charge in [-0.25, -0.2) is 0 Å². The van der Waals surface area contributed by atoms with Crippen molar-refractivity contribution in [2.75, 3.05) is 0 Å². The van der Waals surface area contributed by atoms with Crippen LogP contribution in [0.3, 0.4) is 0 Å². The number of nitrogens with one attached hydrogen (secondary N) is 1. The van der Waals surface area contributed by atoms with Gasteiger partial charge in [-0.2, -0.15) is 0 Å². The van der Waals surface area contributed by atoms with E-state index in [1.807, 2.05) is 10.9 Å². The monoisotopic (exact) mass is 523 g/mol. The van der Waals surface area contributed by atoms with Crippen LogP contribution in [0.15, 0.2) is 0 Å². The van der Waals surface area contributed by atoms with Crippen LogP contribution in [0.2, 0.25) is 0 Å². The molecule has 0 spiro atoms. The molecule has 0 aromatic rings. The molecule has 9 heteroatoms. The van der Waals surface area contributed by atoms with Gasteiger partial charge in [-0.05, 0) is 0 Å². The maximum absolute atomic E-state index is 8.63. The van der Waals surface area contributed by atoms with E-state index in [2.05, 4.69) is 18.1 Å². The summed E-state index contributed by atoms with van der Waals surface area (Å²) < 4.78 is 34.5. The summed E-state index contributed by atoms with van der Waals surface area (Å²) >= 11 is -1.99. The summed E-state index contributed by atoms with van der Waals surface area (Å²) in [6.45, 7) is 0. The molecule has 6 nitrogen and oxygen atoms in total. The second kappa shape index (κ2) is 9.32. The number of hydrogen-bond acceptors (Lipinski definition) is 6. The molecule has 3 N–H and O–H groups in total. The Bertz CT molecular complexity index is 221. The zero-order valence-electron chi connectivity index (χ0n) is 4.33. The van der Waals surface area contributed by atoms with Crippen molar-refractivity contribution in [1.29, 1.82) is 0 Å². The van der Waals surface area contributed by atoms with Gasteiger partial charge in [0.25, 0.3) is 0 Å². The maximum atomic E-state index is 8.63. The van der Waals surface area contributed by atoms with E-state index in [0.29, 0.717) is 0 Å². The van der Waals surface area contributed by atoms with Crippen LogP contribution >= 0.6 is 12.2 Å². The minimum absolute atomic E-state index is 0. The fraction of sp³-hybridized carbons (Fsp3) is 0. The van der Waals surface area contributed by atoms with E-state index >= 15 is 0 Å². The Balaban J connectivity index is -0.0000000910. The third-order valence-corrected chi connectivity index (χ3v) is 0.177. The number of rotatable bonds is 1. The van der Waals surface area contributed by atoms with Crippen molar-refractivity contribution in [1.82, 2.24) is 5.43 Å². The molecule has 0 aliphatic heterocycles. The first-order chi connectivity index (χ1) is 3.91. The van der Waals surface area contributed by atoms with E-state index in [-0.39, 0.29) is 19.8 Å². The molecule has 0 aliphatic rings. The van der Waals surface area contributed by atoms with Crippen molar-refractivity contribution in [2.45, 2.75) is 0 Å². The van der Waals surface area contributed by atoms with Crippen molar-refractivity contribution in [2.24, 2.45) is 5.84 Å². The van der Waals surface area contributed by atoms with Gasteiger partial charge in [0.1, 0.15) is 0 Å². The average Bonchev–Trinajstić information content (AvgIpc) is 1.61. The minimum Gasteiger partial charge on any atom is 0 e. The van der Waals surface area contributed by atoms with E-state index in [0.717, 1.165) is 0 Å². The zero-order chi connectivity index (χ0) is 7.91. The van der Waals surface area contributed by atoms with Gasteiger partial charge in [0.05, 0.1) is 0 Å². The quantitative estimate of drug-likeness (QED) is 0.148. The molecule has 0 amide bonds. The molecular weight excluding hydrogens is 517 g/mol. The Labute approximate surface area is 77.5 Å². The van der Waals surface area contributed by atoms with Crippen molar-refractivity contribution in [3.63, 3.8) is 0 Å². The van der Waals surface area contributed by atoms with E-state index in [1.54, 1.807) is 0 Å². The molecule has 64 valence electrons. The van der Waals surface area contributed by atoms with Crippen LogP contribution < -0.4 is 11.3 Å². The minimum atomic E-state index is -6.06. The average molecular weight is 520 g/mol. The molecule has 0 fully saturated rings. The second-order valence-electron chi connectivity index (χ2n) is 0.600. The molecule has 0 saturated heterocycles. The van der Waals surface area contributed by atoms with Gasteiger partial charge in [0.15, 0.2) is 0 Å². The first kappa shape index (κ1) is 16.7.